The summed E-state index contributed by atoms with van der Waals surface area (Å²) in [5, 5.41) is 9.94. The Bertz CT molecular complexity index is 652. The molecular weight excluding hydrogens is 262 g/mol. The number of nitrogens with zero attached hydrogens (tertiary/aromatic N) is 1. The Morgan fingerprint density at radius 1 is 1.19 bits per heavy atom. The summed E-state index contributed by atoms with van der Waals surface area (Å²) in [7, 11) is 1.56. The lowest BCUT2D eigenvalue weighted by Crippen LogP contribution is -2.17. The van der Waals surface area contributed by atoms with Crippen LogP contribution < -0.4 is 9.64 Å². The molecule has 2 aromatic carbocycles. The third kappa shape index (κ3) is 2.59. The number of rotatable bonds is 3. The average molecular weight is 281 g/mol. The molecule has 0 bridgehead atoms. The number of hydrogen-bond acceptors (Lipinski definition) is 3. The van der Waals surface area contributed by atoms with Crippen LogP contribution in [0.4, 0.5) is 5.69 Å². The monoisotopic (exact) mass is 281 g/mol. The maximum atomic E-state index is 9.94. The average Bonchev–Trinajstić information content (AvgIpc) is 2.90. The molecule has 3 heteroatoms. The number of aromatic hydroxyl groups is 1. The van der Waals surface area contributed by atoms with Gasteiger partial charge in [-0.2, -0.15) is 0 Å². The maximum Gasteiger partial charge on any atom is 0.160 e. The Hall–Kier alpha value is -2.42. The van der Waals surface area contributed by atoms with Gasteiger partial charge in [0.2, 0.25) is 0 Å². The molecule has 0 aliphatic carbocycles. The second-order valence-electron chi connectivity index (χ2n) is 5.34. The molecule has 108 valence electrons. The summed E-state index contributed by atoms with van der Waals surface area (Å²) >= 11 is 0. The molecule has 0 unspecified atom stereocenters. The van der Waals surface area contributed by atoms with Crippen molar-refractivity contribution in [3.8, 4) is 11.5 Å². The zero-order valence-electron chi connectivity index (χ0n) is 12.1. The van der Waals surface area contributed by atoms with Crippen molar-refractivity contribution in [2.24, 2.45) is 0 Å². The van der Waals surface area contributed by atoms with Gasteiger partial charge in [0.1, 0.15) is 0 Å². The van der Waals surface area contributed by atoms with E-state index >= 15 is 0 Å². The summed E-state index contributed by atoms with van der Waals surface area (Å²) in [6.45, 7) is 5.07. The summed E-state index contributed by atoms with van der Waals surface area (Å²) in [5.74, 6) is 1.05. The SMILES string of the molecule is C=C1C[C@H](c2ccc(OC)c(O)c2)CN1c1ccccc1. The molecule has 0 spiro atoms. The van der Waals surface area contributed by atoms with Gasteiger partial charge in [0.05, 0.1) is 7.11 Å². The molecule has 1 N–H and O–H groups in total. The molecule has 0 amide bonds. The van der Waals surface area contributed by atoms with Gasteiger partial charge in [-0.15, -0.1) is 0 Å². The summed E-state index contributed by atoms with van der Waals surface area (Å²) < 4.78 is 5.10. The van der Waals surface area contributed by atoms with Crippen LogP contribution in [0.1, 0.15) is 17.9 Å². The van der Waals surface area contributed by atoms with Crippen LogP contribution in [0.25, 0.3) is 0 Å². The molecule has 1 atom stereocenters. The Balaban J connectivity index is 1.83. The van der Waals surface area contributed by atoms with Gasteiger partial charge in [0.25, 0.3) is 0 Å². The molecule has 0 saturated carbocycles. The quantitative estimate of drug-likeness (QED) is 0.926. The summed E-state index contributed by atoms with van der Waals surface area (Å²) in [6, 6.07) is 15.9. The number of methoxy groups -OCH3 is 1. The van der Waals surface area contributed by atoms with Crippen molar-refractivity contribution in [2.75, 3.05) is 18.6 Å². The first-order valence-electron chi connectivity index (χ1n) is 7.06. The van der Waals surface area contributed by atoms with Gasteiger partial charge in [0, 0.05) is 23.8 Å². The molecule has 0 radical (unpaired) electrons. The molecule has 1 heterocycles. The molecule has 2 aromatic rings. The molecule has 1 fully saturated rings. The third-order valence-corrected chi connectivity index (χ3v) is 4.01. The zero-order valence-corrected chi connectivity index (χ0v) is 12.1. The maximum absolute atomic E-state index is 9.94. The van der Waals surface area contributed by atoms with Crippen LogP contribution >= 0.6 is 0 Å². The van der Waals surface area contributed by atoms with Crippen molar-refractivity contribution in [1.82, 2.24) is 0 Å². The van der Waals surface area contributed by atoms with Gasteiger partial charge in [-0.3, -0.25) is 0 Å². The molecule has 3 nitrogen and oxygen atoms in total. The van der Waals surface area contributed by atoms with Gasteiger partial charge in [0.15, 0.2) is 11.5 Å². The normalized spacial score (nSPS) is 18.0. The second kappa shape index (κ2) is 5.52. The van der Waals surface area contributed by atoms with Crippen molar-refractivity contribution in [3.63, 3.8) is 0 Å². The minimum atomic E-state index is 0.193. The number of hydrogen-bond donors (Lipinski definition) is 1. The second-order valence-corrected chi connectivity index (χ2v) is 5.34. The third-order valence-electron chi connectivity index (χ3n) is 4.01. The summed E-state index contributed by atoms with van der Waals surface area (Å²) in [4.78, 5) is 2.24. The van der Waals surface area contributed by atoms with E-state index in [0.717, 1.165) is 24.2 Å². The molecule has 21 heavy (non-hydrogen) atoms. The topological polar surface area (TPSA) is 32.7 Å². The predicted octanol–water partition coefficient (Wildman–Crippen LogP) is 3.91. The first kappa shape index (κ1) is 13.6. The predicted molar refractivity (Wildman–Crippen MR) is 84.9 cm³/mol. The Morgan fingerprint density at radius 2 is 1.95 bits per heavy atom. The van der Waals surface area contributed by atoms with Crippen molar-refractivity contribution in [3.05, 3.63) is 66.4 Å². The van der Waals surface area contributed by atoms with Crippen molar-refractivity contribution in [1.29, 1.82) is 0 Å². The molecule has 1 saturated heterocycles. The van der Waals surface area contributed by atoms with Crippen molar-refractivity contribution in [2.45, 2.75) is 12.3 Å². The fraction of sp³-hybridized carbons (Fsp3) is 0.222. The van der Waals surface area contributed by atoms with Crippen LogP contribution in [0.3, 0.4) is 0 Å². The molecule has 3 rings (SSSR count). The number of para-hydroxylation sites is 1. The number of ether oxygens (including phenoxy) is 1. The van der Waals surface area contributed by atoms with Crippen LogP contribution in [0.15, 0.2) is 60.8 Å². The minimum absolute atomic E-state index is 0.193. The van der Waals surface area contributed by atoms with Crippen LogP contribution in [0.2, 0.25) is 0 Å². The first-order chi connectivity index (χ1) is 10.2. The van der Waals surface area contributed by atoms with Gasteiger partial charge >= 0.3 is 0 Å². The van der Waals surface area contributed by atoms with Crippen LogP contribution in [0, 0.1) is 0 Å². The Kier molecular flexibility index (Phi) is 3.57. The number of phenols is 1. The Morgan fingerprint density at radius 3 is 2.62 bits per heavy atom. The van der Waals surface area contributed by atoms with Gasteiger partial charge in [-0.05, 0) is 36.2 Å². The zero-order chi connectivity index (χ0) is 14.8. The van der Waals surface area contributed by atoms with Gasteiger partial charge < -0.3 is 14.7 Å². The number of anilines is 1. The van der Waals surface area contributed by atoms with E-state index in [0.29, 0.717) is 11.7 Å². The summed E-state index contributed by atoms with van der Waals surface area (Å²) in [6.07, 6.45) is 0.903. The number of benzene rings is 2. The van der Waals surface area contributed by atoms with Crippen LogP contribution in [0.5, 0.6) is 11.5 Å². The highest BCUT2D eigenvalue weighted by molar-refractivity contribution is 5.55. The highest BCUT2D eigenvalue weighted by Gasteiger charge is 2.27. The van der Waals surface area contributed by atoms with Gasteiger partial charge in [-0.25, -0.2) is 0 Å². The van der Waals surface area contributed by atoms with Crippen molar-refractivity contribution >= 4 is 5.69 Å². The highest BCUT2D eigenvalue weighted by Crippen LogP contribution is 2.38. The standard InChI is InChI=1S/C18H19NO2/c1-13-10-15(12-19(13)16-6-4-3-5-7-16)14-8-9-18(21-2)17(20)11-14/h3-9,11,15,20H,1,10,12H2,2H3/t15-/m0/s1. The van der Waals surface area contributed by atoms with E-state index in [1.54, 1.807) is 13.2 Å². The molecular formula is C18H19NO2. The smallest absolute Gasteiger partial charge is 0.160 e. The molecule has 1 aliphatic rings. The van der Waals surface area contributed by atoms with E-state index in [4.69, 9.17) is 4.74 Å². The first-order valence-corrected chi connectivity index (χ1v) is 7.06. The van der Waals surface area contributed by atoms with E-state index in [1.807, 2.05) is 30.3 Å². The fourth-order valence-corrected chi connectivity index (χ4v) is 2.89. The lowest BCUT2D eigenvalue weighted by Gasteiger charge is -2.19. The van der Waals surface area contributed by atoms with Crippen LogP contribution in [-0.4, -0.2) is 18.8 Å². The van der Waals surface area contributed by atoms with E-state index in [1.165, 1.54) is 5.69 Å². The minimum Gasteiger partial charge on any atom is -0.504 e. The summed E-state index contributed by atoms with van der Waals surface area (Å²) in [5.41, 5.74) is 3.40. The van der Waals surface area contributed by atoms with Crippen molar-refractivity contribution < 1.29 is 9.84 Å². The van der Waals surface area contributed by atoms with Gasteiger partial charge in [-0.1, -0.05) is 30.8 Å². The van der Waals surface area contributed by atoms with Crippen LogP contribution in [-0.2, 0) is 0 Å². The van der Waals surface area contributed by atoms with E-state index < -0.39 is 0 Å². The number of allylic oxidation sites excluding steroid dienone is 1. The van der Waals surface area contributed by atoms with E-state index in [2.05, 4.69) is 23.6 Å². The lowest BCUT2D eigenvalue weighted by atomic mass is 9.97. The Labute approximate surface area is 125 Å². The largest absolute Gasteiger partial charge is 0.504 e. The fourth-order valence-electron chi connectivity index (χ4n) is 2.89. The lowest BCUT2D eigenvalue weighted by molar-refractivity contribution is 0.373. The molecule has 0 aromatic heterocycles. The number of phenolic OH excluding ortho intramolecular Hbond substituents is 1. The van der Waals surface area contributed by atoms with E-state index in [-0.39, 0.29) is 5.75 Å². The highest BCUT2D eigenvalue weighted by atomic mass is 16.5. The molecule has 1 aliphatic heterocycles. The van der Waals surface area contributed by atoms with E-state index in [9.17, 15) is 5.11 Å².